The van der Waals surface area contributed by atoms with Crippen LogP contribution >= 0.6 is 0 Å². The lowest BCUT2D eigenvalue weighted by atomic mass is 9.95. The summed E-state index contributed by atoms with van der Waals surface area (Å²) < 4.78 is 26.8. The molecule has 25 heavy (non-hydrogen) atoms. The Bertz CT molecular complexity index is 957. The van der Waals surface area contributed by atoms with E-state index in [9.17, 15) is 13.2 Å². The Hall–Kier alpha value is -2.40. The van der Waals surface area contributed by atoms with Crippen molar-refractivity contribution >= 4 is 21.5 Å². The van der Waals surface area contributed by atoms with Crippen LogP contribution in [0.25, 0.3) is 5.57 Å². The van der Waals surface area contributed by atoms with Crippen molar-refractivity contribution in [1.29, 1.82) is 0 Å². The number of nitrogens with zero attached hydrogens (tertiary/aromatic N) is 1. The molecule has 0 saturated heterocycles. The van der Waals surface area contributed by atoms with Gasteiger partial charge in [-0.2, -0.15) is 0 Å². The Morgan fingerprint density at radius 3 is 2.24 bits per heavy atom. The number of carbonyl (C=O) groups excluding carboxylic acids is 1. The van der Waals surface area contributed by atoms with E-state index >= 15 is 0 Å². The molecule has 5 heteroatoms. The van der Waals surface area contributed by atoms with Crippen LogP contribution in [-0.4, -0.2) is 25.2 Å². The monoisotopic (exact) mass is 355 g/mol. The summed E-state index contributed by atoms with van der Waals surface area (Å²) in [6.45, 7) is 5.95. The first-order chi connectivity index (χ1) is 11.8. The molecule has 4 nitrogen and oxygen atoms in total. The second-order valence-electron chi connectivity index (χ2n) is 6.42. The summed E-state index contributed by atoms with van der Waals surface area (Å²) >= 11 is 0. The molecule has 1 heterocycles. The average molecular weight is 355 g/mol. The third-order valence-electron chi connectivity index (χ3n) is 4.43. The topological polar surface area (TPSA) is 54.5 Å². The number of carbonyl (C=O) groups is 1. The highest BCUT2D eigenvalue weighted by atomic mass is 32.2. The number of benzene rings is 2. The number of aryl methyl sites for hydroxylation is 3. The first-order valence-corrected chi connectivity index (χ1v) is 9.66. The van der Waals surface area contributed by atoms with Crippen LogP contribution in [0.5, 0.6) is 0 Å². The van der Waals surface area contributed by atoms with Gasteiger partial charge in [0.25, 0.3) is 15.9 Å². The average Bonchev–Trinajstić information content (AvgIpc) is 2.58. The molecule has 0 atom stereocenters. The van der Waals surface area contributed by atoms with E-state index in [4.69, 9.17) is 0 Å². The molecule has 0 radical (unpaired) electrons. The van der Waals surface area contributed by atoms with Gasteiger partial charge in [0.2, 0.25) is 0 Å². The van der Waals surface area contributed by atoms with Crippen LogP contribution in [0.2, 0.25) is 0 Å². The van der Waals surface area contributed by atoms with E-state index in [2.05, 4.69) is 0 Å². The molecule has 0 aliphatic carbocycles. The molecule has 130 valence electrons. The summed E-state index contributed by atoms with van der Waals surface area (Å²) in [7, 11) is -3.85. The highest BCUT2D eigenvalue weighted by Crippen LogP contribution is 2.29. The zero-order chi connectivity index (χ0) is 18.2. The van der Waals surface area contributed by atoms with E-state index < -0.39 is 15.9 Å². The minimum absolute atomic E-state index is 0.147. The first kappa shape index (κ1) is 17.4. The minimum atomic E-state index is -3.85. The van der Waals surface area contributed by atoms with Gasteiger partial charge in [0, 0.05) is 12.1 Å². The lowest BCUT2D eigenvalue weighted by molar-refractivity contribution is -0.121. The van der Waals surface area contributed by atoms with Crippen molar-refractivity contribution in [3.63, 3.8) is 0 Å². The van der Waals surface area contributed by atoms with Gasteiger partial charge in [-0.25, -0.2) is 12.7 Å². The molecule has 1 aliphatic rings. The van der Waals surface area contributed by atoms with Gasteiger partial charge in [0.05, 0.1) is 4.90 Å². The van der Waals surface area contributed by atoms with E-state index in [0.29, 0.717) is 12.0 Å². The zero-order valence-electron chi connectivity index (χ0n) is 14.6. The quantitative estimate of drug-likeness (QED) is 0.845. The molecule has 1 aliphatic heterocycles. The van der Waals surface area contributed by atoms with Crippen molar-refractivity contribution in [2.75, 3.05) is 6.54 Å². The van der Waals surface area contributed by atoms with Crippen molar-refractivity contribution in [2.45, 2.75) is 32.1 Å². The molecule has 0 N–H and O–H groups in total. The van der Waals surface area contributed by atoms with Gasteiger partial charge >= 0.3 is 0 Å². The summed E-state index contributed by atoms with van der Waals surface area (Å²) in [4.78, 5) is 13.1. The number of rotatable bonds is 3. The molecule has 0 saturated carbocycles. The maximum Gasteiger partial charge on any atom is 0.267 e. The summed E-state index contributed by atoms with van der Waals surface area (Å²) in [6.07, 6.45) is 2.35. The van der Waals surface area contributed by atoms with Crippen LogP contribution < -0.4 is 0 Å². The van der Waals surface area contributed by atoms with Crippen molar-refractivity contribution < 1.29 is 13.2 Å². The molecule has 0 bridgehead atoms. The Labute approximate surface area is 148 Å². The Balaban J connectivity index is 2.01. The van der Waals surface area contributed by atoms with Crippen LogP contribution in [0.4, 0.5) is 0 Å². The van der Waals surface area contributed by atoms with Crippen LogP contribution in [-0.2, 0) is 14.8 Å². The predicted molar refractivity (Wildman–Crippen MR) is 98.6 cm³/mol. The van der Waals surface area contributed by atoms with E-state index in [-0.39, 0.29) is 11.4 Å². The molecule has 3 rings (SSSR count). The maximum atomic E-state index is 13.0. The molecule has 0 spiro atoms. The molecule has 2 aromatic rings. The molecule has 1 amide bonds. The number of hydrogen-bond donors (Lipinski definition) is 0. The predicted octanol–water partition coefficient (Wildman–Crippen LogP) is 3.62. The van der Waals surface area contributed by atoms with Gasteiger partial charge in [-0.1, -0.05) is 47.5 Å². The van der Waals surface area contributed by atoms with Gasteiger partial charge in [0.15, 0.2) is 0 Å². The highest BCUT2D eigenvalue weighted by Gasteiger charge is 2.33. The number of hydrogen-bond acceptors (Lipinski definition) is 3. The fourth-order valence-corrected chi connectivity index (χ4v) is 4.36. The number of amides is 1. The fraction of sp³-hybridized carbons (Fsp3) is 0.250. The second kappa shape index (κ2) is 6.48. The first-order valence-electron chi connectivity index (χ1n) is 8.22. The molecule has 0 aromatic heterocycles. The summed E-state index contributed by atoms with van der Waals surface area (Å²) in [5, 5.41) is 0. The molecular formula is C20H21NO3S. The largest absolute Gasteiger partial charge is 0.268 e. The summed E-state index contributed by atoms with van der Waals surface area (Å²) in [6, 6.07) is 12.4. The van der Waals surface area contributed by atoms with Gasteiger partial charge in [-0.05, 0) is 50.5 Å². The minimum Gasteiger partial charge on any atom is -0.268 e. The maximum absolute atomic E-state index is 13.0. The van der Waals surface area contributed by atoms with Crippen LogP contribution in [0.1, 0.15) is 28.7 Å². The Morgan fingerprint density at radius 1 is 0.920 bits per heavy atom. The smallest absolute Gasteiger partial charge is 0.267 e. The van der Waals surface area contributed by atoms with E-state index in [1.165, 1.54) is 0 Å². The van der Waals surface area contributed by atoms with Gasteiger partial charge < -0.3 is 0 Å². The normalized spacial score (nSPS) is 15.2. The van der Waals surface area contributed by atoms with E-state index in [1.807, 2.05) is 45.0 Å². The van der Waals surface area contributed by atoms with Crippen LogP contribution in [0.3, 0.4) is 0 Å². The third kappa shape index (κ3) is 3.24. The van der Waals surface area contributed by atoms with Gasteiger partial charge in [0.1, 0.15) is 0 Å². The van der Waals surface area contributed by atoms with Crippen LogP contribution in [0, 0.1) is 20.8 Å². The summed E-state index contributed by atoms with van der Waals surface area (Å²) in [5.41, 5.74) is 4.23. The SMILES string of the molecule is Cc1ccc(S(=O)(=O)N2CCC=C(c3cc(C)ccc3C)C2=O)cc1. The van der Waals surface area contributed by atoms with Crippen molar-refractivity contribution in [3.8, 4) is 0 Å². The lowest BCUT2D eigenvalue weighted by Crippen LogP contribution is -2.40. The Kier molecular flexibility index (Phi) is 4.52. The Morgan fingerprint density at radius 2 is 1.56 bits per heavy atom. The van der Waals surface area contributed by atoms with Crippen molar-refractivity contribution in [2.24, 2.45) is 0 Å². The molecule has 0 unspecified atom stereocenters. The lowest BCUT2D eigenvalue weighted by Gasteiger charge is -2.27. The van der Waals surface area contributed by atoms with Gasteiger partial charge in [-0.3, -0.25) is 4.79 Å². The fourth-order valence-electron chi connectivity index (χ4n) is 2.97. The molecule has 2 aromatic carbocycles. The van der Waals surface area contributed by atoms with Gasteiger partial charge in [-0.15, -0.1) is 0 Å². The zero-order valence-corrected chi connectivity index (χ0v) is 15.4. The standard InChI is InChI=1S/C20H21NO3S/c1-14-7-10-17(11-8-14)25(23,24)21-12-4-5-18(20(21)22)19-13-15(2)6-9-16(19)3/h5-11,13H,4,12H2,1-3H3. The van der Waals surface area contributed by atoms with E-state index in [1.54, 1.807) is 24.3 Å². The molecular weight excluding hydrogens is 334 g/mol. The van der Waals surface area contributed by atoms with E-state index in [0.717, 1.165) is 26.6 Å². The van der Waals surface area contributed by atoms with Crippen molar-refractivity contribution in [1.82, 2.24) is 4.31 Å². The highest BCUT2D eigenvalue weighted by molar-refractivity contribution is 7.89. The summed E-state index contributed by atoms with van der Waals surface area (Å²) in [5.74, 6) is -0.458. The van der Waals surface area contributed by atoms with Crippen LogP contribution in [0.15, 0.2) is 53.4 Å². The van der Waals surface area contributed by atoms with Crippen molar-refractivity contribution in [3.05, 3.63) is 70.8 Å². The number of sulfonamides is 1. The third-order valence-corrected chi connectivity index (χ3v) is 6.23. The second-order valence-corrected chi connectivity index (χ2v) is 8.28. The molecule has 0 fully saturated rings.